The molecule has 2 rings (SSSR count). The van der Waals surface area contributed by atoms with Crippen LogP contribution in [0.1, 0.15) is 44.9 Å². The molecule has 0 aliphatic heterocycles. The molecule has 19 heavy (non-hydrogen) atoms. The Bertz CT molecular complexity index is 442. The van der Waals surface area contributed by atoms with Crippen molar-refractivity contribution in [3.05, 3.63) is 29.8 Å². The first-order valence-corrected chi connectivity index (χ1v) is 6.90. The third-order valence-corrected chi connectivity index (χ3v) is 3.71. The molecule has 1 aliphatic carbocycles. The van der Waals surface area contributed by atoms with Crippen molar-refractivity contribution in [2.24, 2.45) is 5.92 Å². The van der Waals surface area contributed by atoms with Gasteiger partial charge in [-0.25, -0.2) is 8.78 Å². The number of hydrogen-bond donors (Lipinski definition) is 1. The van der Waals surface area contributed by atoms with E-state index in [2.05, 4.69) is 5.32 Å². The summed E-state index contributed by atoms with van der Waals surface area (Å²) < 4.78 is 26.1. The molecule has 1 amide bonds. The lowest BCUT2D eigenvalue weighted by atomic mass is 9.86. The number of halogens is 2. The number of carbonyl (C=O) groups excluding carboxylic acids is 1. The molecule has 104 valence electrons. The summed E-state index contributed by atoms with van der Waals surface area (Å²) in [6, 6.07) is 3.17. The van der Waals surface area contributed by atoms with Gasteiger partial charge in [-0.05, 0) is 24.5 Å². The van der Waals surface area contributed by atoms with E-state index >= 15 is 0 Å². The molecule has 2 nitrogen and oxygen atoms in total. The van der Waals surface area contributed by atoms with Crippen LogP contribution >= 0.6 is 0 Å². The van der Waals surface area contributed by atoms with Crippen LogP contribution in [-0.4, -0.2) is 5.91 Å². The number of nitrogens with one attached hydrogen (secondary N) is 1. The summed E-state index contributed by atoms with van der Waals surface area (Å²) in [5, 5.41) is 2.50. The smallest absolute Gasteiger partial charge is 0.224 e. The van der Waals surface area contributed by atoms with Crippen molar-refractivity contribution in [2.75, 3.05) is 5.32 Å². The maximum absolute atomic E-state index is 13.4. The van der Waals surface area contributed by atoms with Crippen molar-refractivity contribution >= 4 is 11.6 Å². The number of amides is 1. The van der Waals surface area contributed by atoms with Gasteiger partial charge in [-0.3, -0.25) is 4.79 Å². The zero-order chi connectivity index (χ0) is 13.7. The summed E-state index contributed by atoms with van der Waals surface area (Å²) in [5.41, 5.74) is 0.0510. The van der Waals surface area contributed by atoms with Crippen molar-refractivity contribution in [3.8, 4) is 0 Å². The van der Waals surface area contributed by atoms with Crippen molar-refractivity contribution in [3.63, 3.8) is 0 Å². The fourth-order valence-electron chi connectivity index (χ4n) is 2.61. The quantitative estimate of drug-likeness (QED) is 0.867. The molecule has 1 saturated carbocycles. The molecule has 1 fully saturated rings. The molecule has 1 aromatic rings. The second kappa shape index (κ2) is 6.64. The molecule has 0 radical (unpaired) electrons. The van der Waals surface area contributed by atoms with Crippen LogP contribution in [0.3, 0.4) is 0 Å². The lowest BCUT2D eigenvalue weighted by Gasteiger charge is -2.21. The molecular weight excluding hydrogens is 248 g/mol. The van der Waals surface area contributed by atoms with Crippen LogP contribution in [0.2, 0.25) is 0 Å². The van der Waals surface area contributed by atoms with E-state index in [1.165, 1.54) is 38.2 Å². The maximum atomic E-state index is 13.4. The zero-order valence-electron chi connectivity index (χ0n) is 10.9. The van der Waals surface area contributed by atoms with E-state index in [4.69, 9.17) is 0 Å². The standard InChI is InChI=1S/C15H19F2NO/c16-12-7-8-14(13(17)10-12)18-15(19)9-6-11-4-2-1-3-5-11/h7-8,10-11H,1-6,9H2,(H,18,19). The molecule has 0 aromatic heterocycles. The topological polar surface area (TPSA) is 29.1 Å². The van der Waals surface area contributed by atoms with Gasteiger partial charge < -0.3 is 5.32 Å². The van der Waals surface area contributed by atoms with Crippen LogP contribution in [0.5, 0.6) is 0 Å². The summed E-state index contributed by atoms with van der Waals surface area (Å²) in [5.74, 6) is -0.947. The van der Waals surface area contributed by atoms with E-state index in [-0.39, 0.29) is 11.6 Å². The van der Waals surface area contributed by atoms with Gasteiger partial charge in [0.15, 0.2) is 0 Å². The van der Waals surface area contributed by atoms with Gasteiger partial charge in [0.05, 0.1) is 5.69 Å². The van der Waals surface area contributed by atoms with E-state index in [1.807, 2.05) is 0 Å². The molecule has 0 spiro atoms. The second-order valence-electron chi connectivity index (χ2n) is 5.22. The molecule has 0 heterocycles. The Labute approximate surface area is 112 Å². The number of hydrogen-bond acceptors (Lipinski definition) is 1. The summed E-state index contributed by atoms with van der Waals surface area (Å²) in [4.78, 5) is 11.7. The Hall–Kier alpha value is -1.45. The first-order valence-electron chi connectivity index (χ1n) is 6.90. The van der Waals surface area contributed by atoms with Crippen LogP contribution in [0.25, 0.3) is 0 Å². The van der Waals surface area contributed by atoms with E-state index in [9.17, 15) is 13.6 Å². The fourth-order valence-corrected chi connectivity index (χ4v) is 2.61. The van der Waals surface area contributed by atoms with Gasteiger partial charge in [-0.2, -0.15) is 0 Å². The van der Waals surface area contributed by atoms with Crippen LogP contribution in [0.4, 0.5) is 14.5 Å². The van der Waals surface area contributed by atoms with Gasteiger partial charge in [0.2, 0.25) is 5.91 Å². The number of rotatable bonds is 4. The molecule has 1 aromatic carbocycles. The predicted molar refractivity (Wildman–Crippen MR) is 70.8 cm³/mol. The van der Waals surface area contributed by atoms with E-state index in [0.29, 0.717) is 12.3 Å². The highest BCUT2D eigenvalue weighted by Crippen LogP contribution is 2.27. The monoisotopic (exact) mass is 267 g/mol. The van der Waals surface area contributed by atoms with Crippen molar-refractivity contribution < 1.29 is 13.6 Å². The first-order chi connectivity index (χ1) is 9.15. The summed E-state index contributed by atoms with van der Waals surface area (Å²) in [6.45, 7) is 0. The Morgan fingerprint density at radius 2 is 1.95 bits per heavy atom. The minimum absolute atomic E-state index is 0.0510. The highest BCUT2D eigenvalue weighted by molar-refractivity contribution is 5.90. The van der Waals surface area contributed by atoms with Crippen molar-refractivity contribution in [2.45, 2.75) is 44.9 Å². The predicted octanol–water partition coefficient (Wildman–Crippen LogP) is 4.26. The first kappa shape index (κ1) is 14.0. The Balaban J connectivity index is 1.80. The Kier molecular flexibility index (Phi) is 4.88. The third-order valence-electron chi connectivity index (χ3n) is 3.71. The molecule has 4 heteroatoms. The van der Waals surface area contributed by atoms with Gasteiger partial charge in [-0.1, -0.05) is 32.1 Å². The van der Waals surface area contributed by atoms with E-state index in [1.54, 1.807) is 0 Å². The number of anilines is 1. The Morgan fingerprint density at radius 3 is 2.63 bits per heavy atom. The lowest BCUT2D eigenvalue weighted by molar-refractivity contribution is -0.116. The number of benzene rings is 1. The summed E-state index contributed by atoms with van der Waals surface area (Å²) in [6.07, 6.45) is 7.44. The fraction of sp³-hybridized carbons (Fsp3) is 0.533. The van der Waals surface area contributed by atoms with Crippen LogP contribution < -0.4 is 5.32 Å². The molecule has 1 N–H and O–H groups in total. The van der Waals surface area contributed by atoms with Gasteiger partial charge in [0.1, 0.15) is 11.6 Å². The lowest BCUT2D eigenvalue weighted by Crippen LogP contribution is -2.15. The molecule has 0 bridgehead atoms. The van der Waals surface area contributed by atoms with Crippen LogP contribution in [0.15, 0.2) is 18.2 Å². The molecular formula is C15H19F2NO. The molecule has 0 saturated heterocycles. The highest BCUT2D eigenvalue weighted by atomic mass is 19.1. The zero-order valence-corrected chi connectivity index (χ0v) is 10.9. The minimum Gasteiger partial charge on any atom is -0.324 e. The Morgan fingerprint density at radius 1 is 1.21 bits per heavy atom. The molecule has 0 unspecified atom stereocenters. The molecule has 0 atom stereocenters. The average molecular weight is 267 g/mol. The van der Waals surface area contributed by atoms with E-state index < -0.39 is 11.6 Å². The van der Waals surface area contributed by atoms with Crippen molar-refractivity contribution in [1.29, 1.82) is 0 Å². The normalized spacial score (nSPS) is 16.3. The summed E-state index contributed by atoms with van der Waals surface area (Å²) >= 11 is 0. The van der Waals surface area contributed by atoms with Gasteiger partial charge in [-0.15, -0.1) is 0 Å². The van der Waals surface area contributed by atoms with Gasteiger partial charge >= 0.3 is 0 Å². The highest BCUT2D eigenvalue weighted by Gasteiger charge is 2.15. The van der Waals surface area contributed by atoms with Gasteiger partial charge in [0, 0.05) is 12.5 Å². The number of carbonyl (C=O) groups is 1. The maximum Gasteiger partial charge on any atom is 0.224 e. The largest absolute Gasteiger partial charge is 0.324 e. The summed E-state index contributed by atoms with van der Waals surface area (Å²) in [7, 11) is 0. The second-order valence-corrected chi connectivity index (χ2v) is 5.22. The average Bonchev–Trinajstić information content (AvgIpc) is 2.41. The third kappa shape index (κ3) is 4.30. The van der Waals surface area contributed by atoms with E-state index in [0.717, 1.165) is 18.6 Å². The SMILES string of the molecule is O=C(CCC1CCCCC1)Nc1ccc(F)cc1F. The van der Waals surface area contributed by atoms with Crippen LogP contribution in [-0.2, 0) is 4.79 Å². The van der Waals surface area contributed by atoms with Gasteiger partial charge in [0.25, 0.3) is 0 Å². The minimum atomic E-state index is -0.731. The van der Waals surface area contributed by atoms with Crippen molar-refractivity contribution in [1.82, 2.24) is 0 Å². The molecule has 1 aliphatic rings. The van der Waals surface area contributed by atoms with Crippen LogP contribution in [0, 0.1) is 17.6 Å².